The van der Waals surface area contributed by atoms with Crippen molar-refractivity contribution >= 4 is 17.4 Å². The predicted molar refractivity (Wildman–Crippen MR) is 153 cm³/mol. The second kappa shape index (κ2) is 12.6. The molecule has 0 unspecified atom stereocenters. The molecular formula is C31H39N5O3. The highest BCUT2D eigenvalue weighted by molar-refractivity contribution is 5.81. The van der Waals surface area contributed by atoms with E-state index in [0.717, 1.165) is 98.0 Å². The lowest BCUT2D eigenvalue weighted by atomic mass is 9.90. The van der Waals surface area contributed by atoms with Crippen LogP contribution in [0.15, 0.2) is 48.7 Å². The first kappa shape index (κ1) is 27.1. The largest absolute Gasteiger partial charge is 0.497 e. The second-order valence-electron chi connectivity index (χ2n) is 10.7. The molecule has 4 heterocycles. The molecule has 0 amide bonds. The van der Waals surface area contributed by atoms with Crippen molar-refractivity contribution in [1.82, 2.24) is 19.8 Å². The van der Waals surface area contributed by atoms with Gasteiger partial charge in [-0.05, 0) is 94.3 Å². The summed E-state index contributed by atoms with van der Waals surface area (Å²) >= 11 is 0. The van der Waals surface area contributed by atoms with Crippen LogP contribution in [0.3, 0.4) is 0 Å². The van der Waals surface area contributed by atoms with Crippen molar-refractivity contribution in [3.8, 4) is 22.8 Å². The number of ether oxygens (including phenoxy) is 2. The van der Waals surface area contributed by atoms with Crippen molar-refractivity contribution in [3.05, 3.63) is 59.8 Å². The number of carbonyl (C=O) groups excluding carboxylic acids is 1. The van der Waals surface area contributed by atoms with Crippen LogP contribution >= 0.6 is 0 Å². The molecule has 8 bridgehead atoms. The highest BCUT2D eigenvalue weighted by atomic mass is 16.5. The molecule has 0 aliphatic carbocycles. The molecule has 6 rings (SSSR count). The average Bonchev–Trinajstić information content (AvgIpc) is 2.95. The monoisotopic (exact) mass is 529 g/mol. The number of rotatable bonds is 2. The Kier molecular flexibility index (Phi) is 8.74. The maximum atomic E-state index is 12.9. The van der Waals surface area contributed by atoms with E-state index in [1.54, 1.807) is 20.4 Å². The van der Waals surface area contributed by atoms with Crippen LogP contribution in [0.5, 0.6) is 11.5 Å². The number of methoxy groups -OCH3 is 2. The Labute approximate surface area is 231 Å². The van der Waals surface area contributed by atoms with Crippen LogP contribution in [-0.2, 0) is 17.9 Å². The van der Waals surface area contributed by atoms with Crippen molar-refractivity contribution in [2.24, 2.45) is 5.92 Å². The van der Waals surface area contributed by atoms with E-state index >= 15 is 0 Å². The van der Waals surface area contributed by atoms with E-state index in [2.05, 4.69) is 45.3 Å². The number of fused-ring (bicyclic) bond motifs is 8. The summed E-state index contributed by atoms with van der Waals surface area (Å²) in [6.45, 7) is 4.37. The molecule has 8 heteroatoms. The van der Waals surface area contributed by atoms with E-state index in [9.17, 15) is 4.79 Å². The summed E-state index contributed by atoms with van der Waals surface area (Å²) < 4.78 is 11.3. The predicted octanol–water partition coefficient (Wildman–Crippen LogP) is 5.30. The normalized spacial score (nSPS) is 20.8. The Morgan fingerprint density at radius 1 is 0.949 bits per heavy atom. The Morgan fingerprint density at radius 2 is 1.79 bits per heavy atom. The number of nitrogens with one attached hydrogen (secondary N) is 1. The molecule has 1 N–H and O–H groups in total. The molecule has 1 aromatic heterocycles. The molecule has 206 valence electrons. The van der Waals surface area contributed by atoms with Gasteiger partial charge in [-0.2, -0.15) is 0 Å². The zero-order valence-corrected chi connectivity index (χ0v) is 23.3. The second-order valence-corrected chi connectivity index (χ2v) is 10.7. The van der Waals surface area contributed by atoms with Crippen molar-refractivity contribution < 1.29 is 14.3 Å². The van der Waals surface area contributed by atoms with Gasteiger partial charge in [-0.1, -0.05) is 0 Å². The first-order valence-electron chi connectivity index (χ1n) is 13.9. The number of anilines is 2. The number of benzene rings is 2. The first-order valence-corrected chi connectivity index (χ1v) is 13.9. The highest BCUT2D eigenvalue weighted by Crippen LogP contribution is 2.29. The Hall–Kier alpha value is -3.49. The van der Waals surface area contributed by atoms with Gasteiger partial charge >= 0.3 is 0 Å². The van der Waals surface area contributed by atoms with Crippen LogP contribution in [0.2, 0.25) is 0 Å². The maximum Gasteiger partial charge on any atom is 0.227 e. The summed E-state index contributed by atoms with van der Waals surface area (Å²) in [5.74, 6) is 2.80. The van der Waals surface area contributed by atoms with E-state index in [-0.39, 0.29) is 5.92 Å². The summed E-state index contributed by atoms with van der Waals surface area (Å²) in [5, 5.41) is 3.38. The summed E-state index contributed by atoms with van der Waals surface area (Å²) in [4.78, 5) is 27.0. The summed E-state index contributed by atoms with van der Waals surface area (Å²) in [6.07, 6.45) is 6.27. The molecule has 0 atom stereocenters. The van der Waals surface area contributed by atoms with Crippen LogP contribution in [0.1, 0.15) is 43.2 Å². The number of Topliss-reactive ketones (excluding diaryl/α,β-unsaturated/α-hetero) is 1. The van der Waals surface area contributed by atoms with Gasteiger partial charge in [-0.3, -0.25) is 9.69 Å². The molecule has 0 spiro atoms. The zero-order chi connectivity index (χ0) is 27.2. The summed E-state index contributed by atoms with van der Waals surface area (Å²) in [7, 11) is 5.51. The fourth-order valence-corrected chi connectivity index (χ4v) is 5.64. The number of piperidine rings is 1. The average molecular weight is 530 g/mol. The van der Waals surface area contributed by atoms with Crippen molar-refractivity contribution in [3.63, 3.8) is 0 Å². The number of hydrogen-bond acceptors (Lipinski definition) is 8. The fourth-order valence-electron chi connectivity index (χ4n) is 5.64. The highest BCUT2D eigenvalue weighted by Gasteiger charge is 2.25. The summed E-state index contributed by atoms with van der Waals surface area (Å²) in [6, 6.07) is 14.3. The van der Waals surface area contributed by atoms with Crippen LogP contribution in [0.4, 0.5) is 11.6 Å². The number of carbonyl (C=O) groups is 1. The summed E-state index contributed by atoms with van der Waals surface area (Å²) in [5.41, 5.74) is 4.99. The molecule has 0 saturated carbocycles. The minimum atomic E-state index is 0.191. The Balaban J connectivity index is 1.46. The minimum absolute atomic E-state index is 0.191. The van der Waals surface area contributed by atoms with Gasteiger partial charge < -0.3 is 19.7 Å². The van der Waals surface area contributed by atoms with Gasteiger partial charge in [-0.15, -0.1) is 0 Å². The van der Waals surface area contributed by atoms with Gasteiger partial charge in [-0.25, -0.2) is 9.97 Å². The van der Waals surface area contributed by atoms with Gasteiger partial charge in [0.15, 0.2) is 0 Å². The number of ketones is 1. The standard InChI is InChI=1S/C31H39N5O3/c1-35-13-5-4-6-29(37)23-10-14-36(15-11-23)20-22-16-26(19-27(17-22)38-2)33-31-32-12-9-28(34-31)24-7-8-30(39-3)25(18-24)21-35/h7-9,12,16-19,23H,4-6,10-11,13-15,20-21H2,1-3H3,(H,32,33,34). The molecule has 3 aromatic rings. The third kappa shape index (κ3) is 6.94. The molecule has 3 aliphatic rings. The molecule has 2 aromatic carbocycles. The SMILES string of the molecule is COc1cc2cc(c1)Nc1nccc(n1)-c1ccc(OC)c(c1)CN(C)CCCCC(=O)C1CCN(CC1)C2. The van der Waals surface area contributed by atoms with Crippen LogP contribution < -0.4 is 14.8 Å². The van der Waals surface area contributed by atoms with Gasteiger partial charge in [0, 0.05) is 54.5 Å². The van der Waals surface area contributed by atoms with Crippen molar-refractivity contribution in [2.45, 2.75) is 45.2 Å². The van der Waals surface area contributed by atoms with Crippen LogP contribution in [0, 0.1) is 5.92 Å². The molecule has 0 radical (unpaired) electrons. The molecular weight excluding hydrogens is 490 g/mol. The number of hydrogen-bond donors (Lipinski definition) is 1. The third-order valence-corrected chi connectivity index (χ3v) is 7.79. The molecule has 1 fully saturated rings. The van der Waals surface area contributed by atoms with E-state index in [1.807, 2.05) is 24.3 Å². The number of aromatic nitrogens is 2. The first-order chi connectivity index (χ1) is 19.0. The molecule has 39 heavy (non-hydrogen) atoms. The van der Waals surface area contributed by atoms with E-state index < -0.39 is 0 Å². The van der Waals surface area contributed by atoms with Crippen LogP contribution in [-0.4, -0.2) is 66.5 Å². The van der Waals surface area contributed by atoms with Gasteiger partial charge in [0.25, 0.3) is 0 Å². The lowest BCUT2D eigenvalue weighted by Crippen LogP contribution is -2.36. The Morgan fingerprint density at radius 3 is 2.59 bits per heavy atom. The minimum Gasteiger partial charge on any atom is -0.497 e. The van der Waals surface area contributed by atoms with E-state index in [4.69, 9.17) is 14.5 Å². The van der Waals surface area contributed by atoms with Crippen LogP contribution in [0.25, 0.3) is 11.3 Å². The fraction of sp³-hybridized carbons (Fsp3) is 0.452. The lowest BCUT2D eigenvalue weighted by molar-refractivity contribution is -0.124. The van der Waals surface area contributed by atoms with Crippen molar-refractivity contribution in [2.75, 3.05) is 46.2 Å². The molecule has 3 aliphatic heterocycles. The van der Waals surface area contributed by atoms with Gasteiger partial charge in [0.05, 0.1) is 19.9 Å². The van der Waals surface area contributed by atoms with Crippen molar-refractivity contribution in [1.29, 1.82) is 0 Å². The Bertz CT molecular complexity index is 1290. The number of nitrogens with zero attached hydrogens (tertiary/aromatic N) is 4. The lowest BCUT2D eigenvalue weighted by Gasteiger charge is -2.31. The third-order valence-electron chi connectivity index (χ3n) is 7.79. The molecule has 8 nitrogen and oxygen atoms in total. The topological polar surface area (TPSA) is 79.8 Å². The smallest absolute Gasteiger partial charge is 0.227 e. The quantitative estimate of drug-likeness (QED) is 0.479. The van der Waals surface area contributed by atoms with Gasteiger partial charge in [0.2, 0.25) is 5.95 Å². The maximum absolute atomic E-state index is 12.9. The van der Waals surface area contributed by atoms with E-state index in [1.165, 1.54) is 0 Å². The molecule has 1 saturated heterocycles. The zero-order valence-electron chi connectivity index (χ0n) is 23.3. The van der Waals surface area contributed by atoms with E-state index in [0.29, 0.717) is 18.2 Å². The van der Waals surface area contributed by atoms with Gasteiger partial charge in [0.1, 0.15) is 17.3 Å².